The van der Waals surface area contributed by atoms with Gasteiger partial charge in [-0.3, -0.25) is 0 Å². The van der Waals surface area contributed by atoms with Crippen molar-refractivity contribution < 1.29 is 61.2 Å². The Morgan fingerprint density at radius 2 is 1.69 bits per heavy atom. The zero-order chi connectivity index (χ0) is 11.6. The first-order valence-electron chi connectivity index (χ1n) is 3.71. The topological polar surface area (TPSA) is 124 Å². The molecule has 0 heterocycles. The van der Waals surface area contributed by atoms with E-state index < -0.39 is 30.6 Å². The Hall–Kier alpha value is 1.24. The maximum Gasteiger partial charge on any atom is 2.00 e. The number of aliphatic carboxylic acids is 2. The van der Waals surface area contributed by atoms with Gasteiger partial charge in [-0.2, -0.15) is 0 Å². The normalized spacial score (nSPS) is 7.38. The van der Waals surface area contributed by atoms with Crippen LogP contribution in [0.5, 0.6) is 0 Å². The molecule has 0 rings (SSSR count). The molecule has 0 saturated heterocycles. The number of carbonyl (C=O) groups is 2. The van der Waals surface area contributed by atoms with Crippen LogP contribution >= 0.6 is 0 Å². The second-order valence-electron chi connectivity index (χ2n) is 2.06. The summed E-state index contributed by atoms with van der Waals surface area (Å²) in [5, 5.41) is 14.8. The first-order chi connectivity index (χ1) is 6.41. The number of rotatable bonds is 4. The van der Waals surface area contributed by atoms with Gasteiger partial charge >= 0.3 is 116 Å². The number of unbranched alkanes of at least 4 members (excludes halogenated alkanes) is 1. The summed E-state index contributed by atoms with van der Waals surface area (Å²) >= 11 is -3.42. The predicted octanol–water partition coefficient (Wildman–Crippen LogP) is -4.26. The van der Waals surface area contributed by atoms with E-state index in [1.165, 1.54) is 0 Å². The van der Waals surface area contributed by atoms with Gasteiger partial charge in [0, 0.05) is 0 Å². The summed E-state index contributed by atoms with van der Waals surface area (Å²) in [7, 11) is 0. The zero-order valence-corrected chi connectivity index (χ0v) is 15.4. The molecule has 0 aromatic carbocycles. The molecule has 0 saturated carbocycles. The van der Waals surface area contributed by atoms with Gasteiger partial charge in [-0.25, -0.2) is 9.59 Å². The molecule has 0 aliphatic rings. The fourth-order valence-corrected chi connectivity index (χ4v) is 0.785. The molecule has 0 radical (unpaired) electrons. The number of hydrogen-bond acceptors (Lipinski definition) is 5. The summed E-state index contributed by atoms with van der Waals surface area (Å²) < 4.78 is 23.9. The minimum Gasteiger partial charge on any atom is -1.00 e. The fraction of sp³-hybridized carbons (Fsp3) is 0.667. The van der Waals surface area contributed by atoms with Crippen LogP contribution in [0.3, 0.4) is 0 Å². The zero-order valence-electron chi connectivity index (χ0n) is 8.64. The van der Waals surface area contributed by atoms with Crippen LogP contribution in [0.1, 0.15) is 19.8 Å². The van der Waals surface area contributed by atoms with Gasteiger partial charge in [-0.05, 0) is 0 Å². The smallest absolute Gasteiger partial charge is 1.00 e. The van der Waals surface area contributed by atoms with Gasteiger partial charge < -0.3 is 22.6 Å². The van der Waals surface area contributed by atoms with Crippen LogP contribution in [0, 0.1) is 0 Å². The Balaban J connectivity index is -0.0000000825. The molecule has 0 atom stereocenters. The largest absolute Gasteiger partial charge is 2.00 e. The third-order valence-electron chi connectivity index (χ3n) is 0.901. The molecule has 0 aliphatic heterocycles. The number of hydrogen-bond donors (Lipinski definition) is 2. The second-order valence-corrected chi connectivity index (χ2v) is 3.29. The van der Waals surface area contributed by atoms with E-state index in [0.717, 1.165) is 12.8 Å². The maximum atomic E-state index is 9.79. The standard InChI is InChI=1S/C4H9O.C2H2O4.Ba.ClH.2O.Ti/c1-2-3-4-5;3-1(4)2(5)6;;;;;/h2-4H2,1H3;(H,3,4)(H,5,6);;1H;;;/q-1;;+2;;;-1;+1/p-1. The molecule has 7 nitrogen and oxygen atoms in total. The van der Waals surface area contributed by atoms with E-state index in [9.17, 15) is 7.01 Å². The van der Waals surface area contributed by atoms with E-state index in [4.69, 9.17) is 19.8 Å². The quantitative estimate of drug-likeness (QED) is 0.271. The number of carboxylic acids is 2. The summed E-state index contributed by atoms with van der Waals surface area (Å²) in [5.74, 6) is -3.65. The SMILES string of the molecule is CCCC[O][Ti](=[O])[O-].O=C(O)C(=O)O.[Ba+2].[Cl-]. The van der Waals surface area contributed by atoms with Crippen LogP contribution in [0.25, 0.3) is 0 Å². The Bertz CT molecular complexity index is 201. The molecule has 90 valence electrons. The van der Waals surface area contributed by atoms with Gasteiger partial charge in [-0.1, -0.05) is 0 Å². The van der Waals surface area contributed by atoms with E-state index in [1.807, 2.05) is 6.92 Å². The minimum absolute atomic E-state index is 0. The van der Waals surface area contributed by atoms with E-state index in [0.29, 0.717) is 6.61 Å². The van der Waals surface area contributed by atoms with Crippen LogP contribution < -0.4 is 16.1 Å². The first-order valence-corrected chi connectivity index (χ1v) is 5.63. The summed E-state index contributed by atoms with van der Waals surface area (Å²) in [6.45, 7) is 2.36. The molecule has 0 aromatic rings. The van der Waals surface area contributed by atoms with Crippen molar-refractivity contribution in [2.45, 2.75) is 19.8 Å². The van der Waals surface area contributed by atoms with Gasteiger partial charge in [0.1, 0.15) is 0 Å². The first kappa shape index (κ1) is 25.9. The Labute approximate surface area is 146 Å². The van der Waals surface area contributed by atoms with Crippen molar-refractivity contribution in [2.24, 2.45) is 0 Å². The fourth-order valence-electron chi connectivity index (χ4n) is 0.300. The molecule has 0 spiro atoms. The van der Waals surface area contributed by atoms with Crippen LogP contribution in [0.4, 0.5) is 0 Å². The van der Waals surface area contributed by atoms with Crippen molar-refractivity contribution in [1.29, 1.82) is 0 Å². The number of carboxylic acid groups (broad SMARTS) is 2. The van der Waals surface area contributed by atoms with Crippen LogP contribution in [0.15, 0.2) is 0 Å². The monoisotopic (exact) mass is 416 g/mol. The van der Waals surface area contributed by atoms with Crippen molar-refractivity contribution in [2.75, 3.05) is 6.61 Å². The molecule has 16 heavy (non-hydrogen) atoms. The van der Waals surface area contributed by atoms with Crippen molar-refractivity contribution in [3.63, 3.8) is 0 Å². The molecule has 10 heteroatoms. The number of halogens is 1. The molecular weight excluding hydrogens is 405 g/mol. The minimum atomic E-state index is -3.42. The molecule has 0 bridgehead atoms. The second kappa shape index (κ2) is 18.6. The van der Waals surface area contributed by atoms with Crippen molar-refractivity contribution in [3.8, 4) is 0 Å². The molecule has 0 fully saturated rings. The average Bonchev–Trinajstić information content (AvgIpc) is 2.05. The average molecular weight is 416 g/mol. The molecule has 0 aromatic heterocycles. The van der Waals surface area contributed by atoms with Gasteiger partial charge in [0.05, 0.1) is 0 Å². The van der Waals surface area contributed by atoms with Crippen LogP contribution in [-0.4, -0.2) is 77.6 Å². The summed E-state index contributed by atoms with van der Waals surface area (Å²) in [4.78, 5) is 18.2. The third-order valence-corrected chi connectivity index (χ3v) is 1.59. The van der Waals surface area contributed by atoms with E-state index >= 15 is 0 Å². The molecule has 0 amide bonds. The Kier molecular flexibility index (Phi) is 30.1. The molecular formula is C6H11BaClO7Ti. The van der Waals surface area contributed by atoms with Crippen molar-refractivity contribution in [1.82, 2.24) is 0 Å². The Morgan fingerprint density at radius 3 is 1.88 bits per heavy atom. The molecule has 2 N–H and O–H groups in total. The maximum absolute atomic E-state index is 9.79. The van der Waals surface area contributed by atoms with Gasteiger partial charge in [-0.15, -0.1) is 0 Å². The Morgan fingerprint density at radius 1 is 1.31 bits per heavy atom. The van der Waals surface area contributed by atoms with E-state index in [2.05, 4.69) is 3.32 Å². The van der Waals surface area contributed by atoms with E-state index in [-0.39, 0.29) is 61.3 Å². The van der Waals surface area contributed by atoms with Crippen molar-refractivity contribution >= 4 is 60.8 Å². The summed E-state index contributed by atoms with van der Waals surface area (Å²) in [6, 6.07) is 0. The molecule has 0 unspecified atom stereocenters. The predicted molar refractivity (Wildman–Crippen MR) is 42.6 cm³/mol. The third kappa shape index (κ3) is 29.5. The summed E-state index contributed by atoms with van der Waals surface area (Å²) in [6.07, 6.45) is 1.81. The molecule has 0 aliphatic carbocycles. The van der Waals surface area contributed by atoms with Gasteiger partial charge in [0.15, 0.2) is 0 Å². The van der Waals surface area contributed by atoms with Gasteiger partial charge in [0.25, 0.3) is 0 Å². The summed E-state index contributed by atoms with van der Waals surface area (Å²) in [5.41, 5.74) is 0. The van der Waals surface area contributed by atoms with Crippen molar-refractivity contribution in [3.05, 3.63) is 0 Å². The van der Waals surface area contributed by atoms with Crippen LogP contribution in [0.2, 0.25) is 0 Å². The van der Waals surface area contributed by atoms with Crippen LogP contribution in [-0.2, 0) is 34.8 Å². The van der Waals surface area contributed by atoms with E-state index in [1.54, 1.807) is 0 Å². The van der Waals surface area contributed by atoms with Gasteiger partial charge in [0.2, 0.25) is 0 Å².